The smallest absolute Gasteiger partial charge is 0.256 e. The van der Waals surface area contributed by atoms with Crippen LogP contribution in [0.15, 0.2) is 22.7 Å². The first-order valence-electron chi connectivity index (χ1n) is 5.42. The van der Waals surface area contributed by atoms with Crippen molar-refractivity contribution in [3.63, 3.8) is 0 Å². The van der Waals surface area contributed by atoms with Gasteiger partial charge in [0.15, 0.2) is 0 Å². The van der Waals surface area contributed by atoms with Crippen LogP contribution < -0.4 is 0 Å². The molecular weight excluding hydrogens is 308 g/mol. The zero-order chi connectivity index (χ0) is 12.4. The van der Waals surface area contributed by atoms with Crippen molar-refractivity contribution in [3.8, 4) is 0 Å². The number of rotatable bonds is 2. The molecule has 1 fully saturated rings. The normalized spacial score (nSPS) is 19.7. The highest BCUT2D eigenvalue weighted by Gasteiger charge is 2.28. The molecule has 1 saturated heterocycles. The summed E-state index contributed by atoms with van der Waals surface area (Å²) in [4.78, 5) is 13.8. The Bertz CT molecular complexity index is 441. The summed E-state index contributed by atoms with van der Waals surface area (Å²) in [6.45, 7) is 1.27. The van der Waals surface area contributed by atoms with Crippen LogP contribution in [-0.2, 0) is 0 Å². The zero-order valence-electron chi connectivity index (χ0n) is 9.13. The van der Waals surface area contributed by atoms with Crippen LogP contribution in [-0.4, -0.2) is 29.8 Å². The molecule has 0 aliphatic carbocycles. The summed E-state index contributed by atoms with van der Waals surface area (Å²) >= 11 is 8.84. The van der Waals surface area contributed by atoms with Gasteiger partial charge >= 0.3 is 0 Å². The first-order chi connectivity index (χ1) is 8.13. The third kappa shape index (κ3) is 2.63. The Kier molecular flexibility index (Phi) is 4.05. The lowest BCUT2D eigenvalue weighted by molar-refractivity contribution is 0.0783. The van der Waals surface area contributed by atoms with E-state index in [2.05, 4.69) is 15.9 Å². The molecule has 0 N–H and O–H groups in total. The van der Waals surface area contributed by atoms with E-state index >= 15 is 0 Å². The van der Waals surface area contributed by atoms with Gasteiger partial charge in [-0.3, -0.25) is 4.79 Å². The minimum atomic E-state index is -0.494. The van der Waals surface area contributed by atoms with Crippen molar-refractivity contribution in [2.24, 2.45) is 5.92 Å². The van der Waals surface area contributed by atoms with Crippen molar-refractivity contribution < 1.29 is 9.18 Å². The van der Waals surface area contributed by atoms with Crippen molar-refractivity contribution in [2.75, 3.05) is 19.0 Å². The highest BCUT2D eigenvalue weighted by molar-refractivity contribution is 9.10. The van der Waals surface area contributed by atoms with E-state index in [1.165, 1.54) is 6.07 Å². The van der Waals surface area contributed by atoms with E-state index in [4.69, 9.17) is 11.6 Å². The summed E-state index contributed by atoms with van der Waals surface area (Å²) in [5, 5.41) is 0. The van der Waals surface area contributed by atoms with Gasteiger partial charge in [0.05, 0.1) is 10.0 Å². The summed E-state index contributed by atoms with van der Waals surface area (Å²) in [6.07, 6.45) is 0.894. The van der Waals surface area contributed by atoms with Gasteiger partial charge in [0, 0.05) is 19.0 Å². The number of halogens is 3. The molecule has 2 nitrogen and oxygen atoms in total. The standard InChI is InChI=1S/C12H12BrClFNO/c13-10-3-1-2-9(11(10)15)12(17)16-5-4-8(6-14)7-16/h1-3,8H,4-7H2. The molecule has 1 unspecified atom stereocenters. The second-order valence-corrected chi connectivity index (χ2v) is 5.32. The molecule has 1 aliphatic rings. The van der Waals surface area contributed by atoms with Gasteiger partial charge in [-0.15, -0.1) is 11.6 Å². The molecule has 2 rings (SSSR count). The van der Waals surface area contributed by atoms with E-state index in [1.807, 2.05) is 0 Å². The van der Waals surface area contributed by atoms with Gasteiger partial charge in [-0.25, -0.2) is 4.39 Å². The van der Waals surface area contributed by atoms with E-state index in [0.29, 0.717) is 29.4 Å². The Morgan fingerprint density at radius 2 is 2.35 bits per heavy atom. The fourth-order valence-corrected chi connectivity index (χ4v) is 2.60. The molecule has 0 bridgehead atoms. The molecule has 1 atom stereocenters. The van der Waals surface area contributed by atoms with E-state index < -0.39 is 5.82 Å². The highest BCUT2D eigenvalue weighted by Crippen LogP contribution is 2.23. The molecule has 1 aromatic carbocycles. The monoisotopic (exact) mass is 319 g/mol. The molecule has 1 aromatic rings. The molecule has 5 heteroatoms. The van der Waals surface area contributed by atoms with E-state index in [0.717, 1.165) is 6.42 Å². The number of alkyl halides is 1. The zero-order valence-corrected chi connectivity index (χ0v) is 11.5. The van der Waals surface area contributed by atoms with Gasteiger partial charge in [0.25, 0.3) is 5.91 Å². The summed E-state index contributed by atoms with van der Waals surface area (Å²) < 4.78 is 14.1. The average molecular weight is 321 g/mol. The molecule has 0 spiro atoms. The quantitative estimate of drug-likeness (QED) is 0.766. The lowest BCUT2D eigenvalue weighted by atomic mass is 10.1. The average Bonchev–Trinajstić information content (AvgIpc) is 2.80. The molecule has 0 saturated carbocycles. The number of benzene rings is 1. The summed E-state index contributed by atoms with van der Waals surface area (Å²) in [6, 6.07) is 4.75. The van der Waals surface area contributed by atoms with Gasteiger partial charge in [-0.2, -0.15) is 0 Å². The van der Waals surface area contributed by atoms with Gasteiger partial charge in [0.2, 0.25) is 0 Å². The molecule has 0 aromatic heterocycles. The van der Waals surface area contributed by atoms with Crippen molar-refractivity contribution in [1.82, 2.24) is 4.90 Å². The topological polar surface area (TPSA) is 20.3 Å². The van der Waals surface area contributed by atoms with Crippen LogP contribution in [0.3, 0.4) is 0 Å². The number of carbonyl (C=O) groups excluding carboxylic acids is 1. The fourth-order valence-electron chi connectivity index (χ4n) is 1.98. The van der Waals surface area contributed by atoms with Gasteiger partial charge in [-0.1, -0.05) is 6.07 Å². The maximum atomic E-state index is 13.8. The molecule has 1 heterocycles. The Balaban J connectivity index is 2.18. The Labute approximate surface area is 113 Å². The SMILES string of the molecule is O=C(c1cccc(Br)c1F)N1CCC(CCl)C1. The van der Waals surface area contributed by atoms with E-state index in [1.54, 1.807) is 17.0 Å². The van der Waals surface area contributed by atoms with Crippen molar-refractivity contribution >= 4 is 33.4 Å². The number of carbonyl (C=O) groups is 1. The third-order valence-corrected chi connectivity index (χ3v) is 4.02. The Hall–Kier alpha value is -0.610. The predicted molar refractivity (Wildman–Crippen MR) is 68.8 cm³/mol. The van der Waals surface area contributed by atoms with Gasteiger partial charge in [-0.05, 0) is 40.4 Å². The van der Waals surface area contributed by atoms with Gasteiger partial charge < -0.3 is 4.90 Å². The lowest BCUT2D eigenvalue weighted by Gasteiger charge is -2.16. The summed E-state index contributed by atoms with van der Waals surface area (Å²) in [5.74, 6) is 0.129. The molecule has 17 heavy (non-hydrogen) atoms. The highest BCUT2D eigenvalue weighted by atomic mass is 79.9. The van der Waals surface area contributed by atoms with E-state index in [9.17, 15) is 9.18 Å². The second-order valence-electron chi connectivity index (χ2n) is 4.16. The Morgan fingerprint density at radius 3 is 3.00 bits per heavy atom. The minimum Gasteiger partial charge on any atom is -0.338 e. The predicted octanol–water partition coefficient (Wildman–Crippen LogP) is 3.29. The van der Waals surface area contributed by atoms with Crippen LogP contribution >= 0.6 is 27.5 Å². The summed E-state index contributed by atoms with van der Waals surface area (Å²) in [7, 11) is 0. The first-order valence-corrected chi connectivity index (χ1v) is 6.75. The summed E-state index contributed by atoms with van der Waals surface area (Å²) in [5.41, 5.74) is 0.120. The number of hydrogen-bond donors (Lipinski definition) is 0. The number of amides is 1. The molecular formula is C12H12BrClFNO. The van der Waals surface area contributed by atoms with Crippen LogP contribution in [0.1, 0.15) is 16.8 Å². The number of hydrogen-bond acceptors (Lipinski definition) is 1. The van der Waals surface area contributed by atoms with Crippen molar-refractivity contribution in [3.05, 3.63) is 34.1 Å². The third-order valence-electron chi connectivity index (χ3n) is 2.97. The molecule has 0 radical (unpaired) electrons. The second kappa shape index (κ2) is 5.36. The number of likely N-dealkylation sites (tertiary alicyclic amines) is 1. The van der Waals surface area contributed by atoms with E-state index in [-0.39, 0.29) is 11.5 Å². The minimum absolute atomic E-state index is 0.120. The number of nitrogens with zero attached hydrogens (tertiary/aromatic N) is 1. The molecule has 1 amide bonds. The fraction of sp³-hybridized carbons (Fsp3) is 0.417. The van der Waals surface area contributed by atoms with Crippen molar-refractivity contribution in [1.29, 1.82) is 0 Å². The van der Waals surface area contributed by atoms with Gasteiger partial charge in [0.1, 0.15) is 5.82 Å². The van der Waals surface area contributed by atoms with Crippen LogP contribution in [0.2, 0.25) is 0 Å². The van der Waals surface area contributed by atoms with Crippen LogP contribution in [0.4, 0.5) is 4.39 Å². The first kappa shape index (κ1) is 12.8. The maximum absolute atomic E-state index is 13.8. The largest absolute Gasteiger partial charge is 0.338 e. The van der Waals surface area contributed by atoms with Crippen LogP contribution in [0.25, 0.3) is 0 Å². The molecule has 92 valence electrons. The van der Waals surface area contributed by atoms with Crippen molar-refractivity contribution in [2.45, 2.75) is 6.42 Å². The lowest BCUT2D eigenvalue weighted by Crippen LogP contribution is -2.29. The van der Waals surface area contributed by atoms with Crippen LogP contribution in [0, 0.1) is 11.7 Å². The van der Waals surface area contributed by atoms with Crippen LogP contribution in [0.5, 0.6) is 0 Å². The molecule has 1 aliphatic heterocycles. The Morgan fingerprint density at radius 1 is 1.59 bits per heavy atom. The maximum Gasteiger partial charge on any atom is 0.256 e.